The second-order valence-electron chi connectivity index (χ2n) is 5.86. The number of aliphatic hydroxyl groups is 1. The molecule has 118 valence electrons. The molecule has 22 heavy (non-hydrogen) atoms. The van der Waals surface area contributed by atoms with Crippen LogP contribution in [0.4, 0.5) is 0 Å². The van der Waals surface area contributed by atoms with Crippen molar-refractivity contribution in [2.45, 2.75) is 31.2 Å². The van der Waals surface area contributed by atoms with Crippen molar-refractivity contribution in [3.63, 3.8) is 0 Å². The van der Waals surface area contributed by atoms with E-state index in [1.54, 1.807) is 35.9 Å². The van der Waals surface area contributed by atoms with Crippen LogP contribution in [-0.4, -0.2) is 56.9 Å². The molecule has 2 aromatic heterocycles. The first-order chi connectivity index (χ1) is 10.6. The predicted molar refractivity (Wildman–Crippen MR) is 81.3 cm³/mol. The lowest BCUT2D eigenvalue weighted by atomic mass is 9.83. The smallest absolute Gasteiger partial charge is 0.269 e. The second kappa shape index (κ2) is 5.94. The van der Waals surface area contributed by atoms with Gasteiger partial charge in [0.05, 0.1) is 12.1 Å². The highest BCUT2D eigenvalue weighted by atomic mass is 16.3. The highest BCUT2D eigenvalue weighted by Crippen LogP contribution is 2.32. The Morgan fingerprint density at radius 1 is 1.55 bits per heavy atom. The van der Waals surface area contributed by atoms with Gasteiger partial charge in [-0.15, -0.1) is 0 Å². The van der Waals surface area contributed by atoms with Gasteiger partial charge < -0.3 is 20.3 Å². The lowest BCUT2D eigenvalue weighted by Gasteiger charge is -2.42. The lowest BCUT2D eigenvalue weighted by molar-refractivity contribution is -0.00831. The predicted octanol–water partition coefficient (Wildman–Crippen LogP) is 0.377. The molecule has 3 N–H and O–H groups in total. The van der Waals surface area contributed by atoms with Gasteiger partial charge in [0.1, 0.15) is 5.69 Å². The maximum absolute atomic E-state index is 11.8. The average molecular weight is 303 g/mol. The third-order valence-corrected chi connectivity index (χ3v) is 4.07. The molecule has 7 nitrogen and oxygen atoms in total. The van der Waals surface area contributed by atoms with Gasteiger partial charge in [-0.05, 0) is 24.6 Å². The van der Waals surface area contributed by atoms with Crippen LogP contribution in [-0.2, 0) is 6.54 Å². The fourth-order valence-electron chi connectivity index (χ4n) is 2.78. The van der Waals surface area contributed by atoms with Gasteiger partial charge >= 0.3 is 0 Å². The normalized spacial score (nSPS) is 24.0. The zero-order valence-corrected chi connectivity index (χ0v) is 12.7. The largest absolute Gasteiger partial charge is 0.391 e. The van der Waals surface area contributed by atoms with Crippen molar-refractivity contribution in [1.29, 1.82) is 0 Å². The molecule has 0 aliphatic heterocycles. The van der Waals surface area contributed by atoms with E-state index in [0.29, 0.717) is 18.7 Å². The summed E-state index contributed by atoms with van der Waals surface area (Å²) >= 11 is 0. The molecule has 3 atom stereocenters. The van der Waals surface area contributed by atoms with Crippen LogP contribution < -0.4 is 5.32 Å². The van der Waals surface area contributed by atoms with Crippen molar-refractivity contribution >= 4 is 5.91 Å². The Hall–Kier alpha value is -2.12. The quantitative estimate of drug-likeness (QED) is 0.745. The molecule has 1 aliphatic rings. The number of aromatic amines is 1. The van der Waals surface area contributed by atoms with Crippen LogP contribution in [0.3, 0.4) is 0 Å². The van der Waals surface area contributed by atoms with Crippen LogP contribution in [0.25, 0.3) is 0 Å². The standard InChI is InChI=1S/C15H21N5O2/c1-19(2)15(22)11-5-4-10(18-11)9-16-12-8-13(21)14(12)20-7-3-6-17-20/h3-7,12-14,16,18,21H,8-9H2,1-2H3/t12-,13+,14+/m0/s1. The minimum Gasteiger partial charge on any atom is -0.391 e. The number of hydrogen-bond acceptors (Lipinski definition) is 4. The SMILES string of the molecule is CN(C)C(=O)c1ccc(CN[C@H]2C[C@@H](O)[C@@H]2n2cccn2)[nH]1. The fourth-order valence-corrected chi connectivity index (χ4v) is 2.78. The first-order valence-corrected chi connectivity index (χ1v) is 7.36. The Bertz CT molecular complexity index is 634. The number of rotatable bonds is 5. The van der Waals surface area contributed by atoms with Gasteiger partial charge in [0, 0.05) is 44.8 Å². The number of nitrogens with zero attached hydrogens (tertiary/aromatic N) is 3. The Balaban J connectivity index is 1.58. The van der Waals surface area contributed by atoms with Crippen LogP contribution in [0.1, 0.15) is 28.6 Å². The van der Waals surface area contributed by atoms with Gasteiger partial charge in [0.15, 0.2) is 0 Å². The highest BCUT2D eigenvalue weighted by molar-refractivity contribution is 5.92. The number of amides is 1. The van der Waals surface area contributed by atoms with Crippen LogP contribution in [0, 0.1) is 0 Å². The first kappa shape index (κ1) is 14.8. The van der Waals surface area contributed by atoms with E-state index in [0.717, 1.165) is 5.69 Å². The summed E-state index contributed by atoms with van der Waals surface area (Å²) in [4.78, 5) is 16.5. The number of H-pyrrole nitrogens is 1. The van der Waals surface area contributed by atoms with Gasteiger partial charge in [-0.2, -0.15) is 5.10 Å². The minimum absolute atomic E-state index is 0.0344. The molecule has 0 radical (unpaired) electrons. The first-order valence-electron chi connectivity index (χ1n) is 7.36. The topological polar surface area (TPSA) is 86.2 Å². The van der Waals surface area contributed by atoms with E-state index >= 15 is 0 Å². The molecule has 0 spiro atoms. The summed E-state index contributed by atoms with van der Waals surface area (Å²) in [5.74, 6) is -0.0419. The Kier molecular flexibility index (Phi) is 4.00. The molecule has 1 fully saturated rings. The summed E-state index contributed by atoms with van der Waals surface area (Å²) in [6.07, 6.45) is 3.91. The monoisotopic (exact) mass is 303 g/mol. The van der Waals surface area contributed by atoms with Gasteiger partial charge in [-0.25, -0.2) is 0 Å². The third-order valence-electron chi connectivity index (χ3n) is 4.07. The number of aliphatic hydroxyl groups excluding tert-OH is 1. The average Bonchev–Trinajstić information content (AvgIpc) is 3.13. The molecule has 2 aromatic rings. The fraction of sp³-hybridized carbons (Fsp3) is 0.467. The number of carbonyl (C=O) groups is 1. The molecular weight excluding hydrogens is 282 g/mol. The van der Waals surface area contributed by atoms with Gasteiger partial charge in [0.2, 0.25) is 0 Å². The van der Waals surface area contributed by atoms with Crippen LogP contribution >= 0.6 is 0 Å². The summed E-state index contributed by atoms with van der Waals surface area (Å²) in [6, 6.07) is 5.69. The van der Waals surface area contributed by atoms with Crippen molar-refractivity contribution in [3.05, 3.63) is 42.0 Å². The summed E-state index contributed by atoms with van der Waals surface area (Å²) in [6.45, 7) is 0.621. The third kappa shape index (κ3) is 2.77. The van der Waals surface area contributed by atoms with Crippen molar-refractivity contribution in [2.75, 3.05) is 14.1 Å². The molecule has 1 aliphatic carbocycles. The van der Waals surface area contributed by atoms with Crippen molar-refractivity contribution in [1.82, 2.24) is 25.0 Å². The summed E-state index contributed by atoms with van der Waals surface area (Å²) in [5, 5.41) is 17.5. The highest BCUT2D eigenvalue weighted by Gasteiger charge is 2.41. The van der Waals surface area contributed by atoms with Crippen LogP contribution in [0.5, 0.6) is 0 Å². The number of hydrogen-bond donors (Lipinski definition) is 3. The molecule has 0 bridgehead atoms. The molecule has 0 unspecified atom stereocenters. The molecular formula is C15H21N5O2. The van der Waals surface area contributed by atoms with Crippen LogP contribution in [0.2, 0.25) is 0 Å². The molecule has 1 amide bonds. The van der Waals surface area contributed by atoms with E-state index in [4.69, 9.17) is 0 Å². The maximum atomic E-state index is 11.8. The molecule has 2 heterocycles. The maximum Gasteiger partial charge on any atom is 0.269 e. The van der Waals surface area contributed by atoms with E-state index in [2.05, 4.69) is 15.4 Å². The second-order valence-corrected chi connectivity index (χ2v) is 5.86. The molecule has 0 aromatic carbocycles. The molecule has 0 saturated heterocycles. The van der Waals surface area contributed by atoms with E-state index < -0.39 is 0 Å². The number of carbonyl (C=O) groups excluding carboxylic acids is 1. The van der Waals surface area contributed by atoms with E-state index in [-0.39, 0.29) is 24.1 Å². The Morgan fingerprint density at radius 3 is 3.00 bits per heavy atom. The Labute approximate surface area is 128 Å². The summed E-state index contributed by atoms with van der Waals surface area (Å²) < 4.78 is 1.79. The van der Waals surface area contributed by atoms with Crippen molar-refractivity contribution < 1.29 is 9.90 Å². The number of nitrogens with one attached hydrogen (secondary N) is 2. The molecule has 3 rings (SSSR count). The van der Waals surface area contributed by atoms with E-state index in [1.165, 1.54) is 0 Å². The summed E-state index contributed by atoms with van der Waals surface area (Å²) in [7, 11) is 3.46. The van der Waals surface area contributed by atoms with Gasteiger partial charge in [-0.3, -0.25) is 9.48 Å². The molecule has 7 heteroatoms. The molecule has 1 saturated carbocycles. The van der Waals surface area contributed by atoms with Gasteiger partial charge in [-0.1, -0.05) is 0 Å². The van der Waals surface area contributed by atoms with Crippen molar-refractivity contribution in [2.24, 2.45) is 0 Å². The van der Waals surface area contributed by atoms with Crippen LogP contribution in [0.15, 0.2) is 30.6 Å². The zero-order valence-electron chi connectivity index (χ0n) is 12.7. The summed E-state index contributed by atoms with van der Waals surface area (Å²) in [5.41, 5.74) is 1.53. The van der Waals surface area contributed by atoms with E-state index in [1.807, 2.05) is 18.3 Å². The minimum atomic E-state index is -0.369. The van der Waals surface area contributed by atoms with E-state index in [9.17, 15) is 9.90 Å². The van der Waals surface area contributed by atoms with Crippen molar-refractivity contribution in [3.8, 4) is 0 Å². The van der Waals surface area contributed by atoms with Gasteiger partial charge in [0.25, 0.3) is 5.91 Å². The number of aromatic nitrogens is 3. The zero-order chi connectivity index (χ0) is 15.7. The Morgan fingerprint density at radius 2 is 2.36 bits per heavy atom. The lowest BCUT2D eigenvalue weighted by Crippen LogP contribution is -2.54.